The number of aromatic amines is 1. The smallest absolute Gasteiger partial charge is 0.346 e. The molecule has 154 valence electrons. The van der Waals surface area contributed by atoms with Crippen LogP contribution in [0.5, 0.6) is 5.75 Å². The van der Waals surface area contributed by atoms with Gasteiger partial charge < -0.3 is 24.4 Å². The van der Waals surface area contributed by atoms with Crippen molar-refractivity contribution < 1.29 is 24.2 Å². The maximum atomic E-state index is 12.5. The van der Waals surface area contributed by atoms with Gasteiger partial charge in [-0.05, 0) is 30.4 Å². The largest absolute Gasteiger partial charge is 0.504 e. The van der Waals surface area contributed by atoms with Gasteiger partial charge in [-0.25, -0.2) is 9.78 Å². The number of aliphatic hydroxyl groups is 1. The molecule has 3 aromatic heterocycles. The molecule has 0 amide bonds. The number of aliphatic hydroxyl groups excluding tert-OH is 1. The number of aromatic hydroxyl groups is 1. The summed E-state index contributed by atoms with van der Waals surface area (Å²) in [6.45, 7) is -0.536. The van der Waals surface area contributed by atoms with Gasteiger partial charge in [0.25, 0.3) is 0 Å². The van der Waals surface area contributed by atoms with Gasteiger partial charge in [0.2, 0.25) is 0 Å². The van der Waals surface area contributed by atoms with Gasteiger partial charge in [0.15, 0.2) is 22.1 Å². The first kappa shape index (κ1) is 21.1. The summed E-state index contributed by atoms with van der Waals surface area (Å²) in [5.41, 5.74) is 1.76. The summed E-state index contributed by atoms with van der Waals surface area (Å²) in [5, 5.41) is 20.5. The lowest BCUT2D eigenvalue weighted by Crippen LogP contribution is -2.17. The minimum atomic E-state index is -0.816. The molecule has 4 heterocycles. The third-order valence-electron chi connectivity index (χ3n) is 4.22. The van der Waals surface area contributed by atoms with Crippen LogP contribution in [0.3, 0.4) is 0 Å². The number of rotatable bonds is 4. The number of allylic oxidation sites excluding steroid dienone is 3. The molecule has 0 aliphatic carbocycles. The van der Waals surface area contributed by atoms with Crippen LogP contribution in [0.15, 0.2) is 58.2 Å². The molecule has 0 unspecified atom stereocenters. The molecule has 0 saturated heterocycles. The van der Waals surface area contributed by atoms with E-state index in [9.17, 15) is 9.90 Å². The van der Waals surface area contributed by atoms with Crippen LogP contribution in [-0.2, 0) is 4.74 Å². The van der Waals surface area contributed by atoms with E-state index in [1.54, 1.807) is 55.1 Å². The molecule has 3 aromatic rings. The molecule has 1 aliphatic heterocycles. The molecule has 0 saturated carbocycles. The number of esters is 1. The Kier molecular flexibility index (Phi) is 6.51. The Morgan fingerprint density at radius 2 is 2.17 bits per heavy atom. The van der Waals surface area contributed by atoms with E-state index in [4.69, 9.17) is 14.3 Å². The quantitative estimate of drug-likeness (QED) is 0.543. The summed E-state index contributed by atoms with van der Waals surface area (Å²) in [6, 6.07) is 3.67. The van der Waals surface area contributed by atoms with Crippen LogP contribution in [0, 0.1) is 0 Å². The van der Waals surface area contributed by atoms with Crippen molar-refractivity contribution in [1.29, 1.82) is 0 Å². The van der Waals surface area contributed by atoms with Crippen LogP contribution >= 0.6 is 12.4 Å². The number of pyridine rings is 1. The molecule has 0 spiro atoms. The number of fused-ring (bicyclic) bond motifs is 1. The van der Waals surface area contributed by atoms with Crippen LogP contribution in [0.2, 0.25) is 0 Å². The van der Waals surface area contributed by atoms with Crippen molar-refractivity contribution in [1.82, 2.24) is 9.97 Å². The van der Waals surface area contributed by atoms with Gasteiger partial charge in [-0.3, -0.25) is 4.99 Å². The maximum absolute atomic E-state index is 12.5. The molecule has 8 nitrogen and oxygen atoms in total. The first-order valence-corrected chi connectivity index (χ1v) is 8.84. The number of hydrogen-bond acceptors (Lipinski definition) is 7. The molecule has 0 aromatic carbocycles. The van der Waals surface area contributed by atoms with Crippen molar-refractivity contribution in [3.8, 4) is 5.75 Å². The number of carbonyl (C=O) groups excluding carboxylic acids is 1. The SMILES string of the molecule is Cl.O=C(OCCO)c1c(O)/c(=C/c2c[nH]c3ncccc23)oc1=C1C=CC=CC=N1. The summed E-state index contributed by atoms with van der Waals surface area (Å²) in [6.07, 6.45) is 13.4. The number of H-pyrrole nitrogens is 1. The molecule has 4 rings (SSSR count). The number of furan rings is 1. The average molecular weight is 428 g/mol. The van der Waals surface area contributed by atoms with Crippen molar-refractivity contribution in [3.05, 3.63) is 70.8 Å². The highest BCUT2D eigenvalue weighted by molar-refractivity contribution is 5.94. The first-order chi connectivity index (χ1) is 14.2. The number of nitrogens with zero attached hydrogens (tertiary/aromatic N) is 2. The summed E-state index contributed by atoms with van der Waals surface area (Å²) in [5.74, 6) is -1.18. The number of hydrogen-bond donors (Lipinski definition) is 3. The van der Waals surface area contributed by atoms with E-state index >= 15 is 0 Å². The zero-order chi connectivity index (χ0) is 20.2. The number of aromatic nitrogens is 2. The standard InChI is InChI=1S/C21H17N3O5.ClH/c25-9-10-28-21(27)17-18(26)16(29-19(17)15-6-2-1-3-7-22-15)11-13-12-24-20-14(13)5-4-8-23-20;/h1-8,11-12,25-26H,9-10H2,(H,23,24);1H/b16-11-,19-15?;. The van der Waals surface area contributed by atoms with E-state index in [0.29, 0.717) is 11.3 Å². The fourth-order valence-corrected chi connectivity index (χ4v) is 2.92. The first-order valence-electron chi connectivity index (χ1n) is 8.84. The third-order valence-corrected chi connectivity index (χ3v) is 4.22. The fraction of sp³-hybridized carbons (Fsp3) is 0.0952. The van der Waals surface area contributed by atoms with Crippen LogP contribution in [0.25, 0.3) is 22.8 Å². The molecular formula is C21H18ClN3O5. The molecular weight excluding hydrogens is 410 g/mol. The Bertz CT molecular complexity index is 1270. The molecule has 1 aliphatic rings. The summed E-state index contributed by atoms with van der Waals surface area (Å²) in [7, 11) is 0. The van der Waals surface area contributed by atoms with Crippen molar-refractivity contribution in [3.63, 3.8) is 0 Å². The van der Waals surface area contributed by atoms with Gasteiger partial charge in [-0.15, -0.1) is 12.4 Å². The second kappa shape index (κ2) is 9.25. The normalized spacial score (nSPS) is 15.3. The van der Waals surface area contributed by atoms with Crippen LogP contribution in [-0.4, -0.2) is 45.6 Å². The Balaban J connectivity index is 0.00000256. The van der Waals surface area contributed by atoms with E-state index in [2.05, 4.69) is 15.0 Å². The zero-order valence-corrected chi connectivity index (χ0v) is 16.4. The molecule has 0 atom stereocenters. The van der Waals surface area contributed by atoms with Gasteiger partial charge in [0.05, 0.1) is 6.61 Å². The van der Waals surface area contributed by atoms with Crippen molar-refractivity contribution in [2.45, 2.75) is 0 Å². The zero-order valence-electron chi connectivity index (χ0n) is 15.6. The number of aliphatic imine (C=N–C) groups is 1. The van der Waals surface area contributed by atoms with E-state index in [0.717, 1.165) is 10.9 Å². The number of halogens is 1. The van der Waals surface area contributed by atoms with Gasteiger partial charge in [0, 0.05) is 29.6 Å². The Morgan fingerprint density at radius 3 is 3.00 bits per heavy atom. The lowest BCUT2D eigenvalue weighted by molar-refractivity contribution is 0.0428. The van der Waals surface area contributed by atoms with E-state index < -0.39 is 5.97 Å². The van der Waals surface area contributed by atoms with Gasteiger partial charge >= 0.3 is 5.97 Å². The van der Waals surface area contributed by atoms with E-state index in [1.165, 1.54) is 0 Å². The summed E-state index contributed by atoms with van der Waals surface area (Å²) in [4.78, 5) is 24.0. The predicted octanol–water partition coefficient (Wildman–Crippen LogP) is 1.57. The topological polar surface area (TPSA) is 121 Å². The number of ether oxygens (including phenoxy) is 1. The fourth-order valence-electron chi connectivity index (χ4n) is 2.92. The molecule has 0 fully saturated rings. The van der Waals surface area contributed by atoms with Crippen LogP contribution in [0.4, 0.5) is 0 Å². The summed E-state index contributed by atoms with van der Waals surface area (Å²) < 4.78 is 10.8. The number of nitrogens with one attached hydrogen (secondary N) is 1. The second-order valence-electron chi connectivity index (χ2n) is 6.07. The monoisotopic (exact) mass is 427 g/mol. The lowest BCUT2D eigenvalue weighted by atomic mass is 10.2. The molecule has 0 bridgehead atoms. The highest BCUT2D eigenvalue weighted by atomic mass is 35.5. The minimum absolute atomic E-state index is 0. The Morgan fingerprint density at radius 1 is 1.30 bits per heavy atom. The van der Waals surface area contributed by atoms with Crippen molar-refractivity contribution in [2.75, 3.05) is 13.2 Å². The van der Waals surface area contributed by atoms with Crippen molar-refractivity contribution >= 4 is 47.4 Å². The van der Waals surface area contributed by atoms with E-state index in [-0.39, 0.29) is 47.8 Å². The average Bonchev–Trinajstić information content (AvgIpc) is 3.15. The second-order valence-corrected chi connectivity index (χ2v) is 6.07. The van der Waals surface area contributed by atoms with Gasteiger partial charge in [-0.2, -0.15) is 0 Å². The predicted molar refractivity (Wildman–Crippen MR) is 114 cm³/mol. The van der Waals surface area contributed by atoms with Gasteiger partial charge in [0.1, 0.15) is 18.0 Å². The maximum Gasteiger partial charge on any atom is 0.346 e. The Hall–Kier alpha value is -3.62. The lowest BCUT2D eigenvalue weighted by Gasteiger charge is -2.01. The molecule has 3 N–H and O–H groups in total. The third kappa shape index (κ3) is 4.05. The Labute approximate surface area is 176 Å². The molecule has 9 heteroatoms. The van der Waals surface area contributed by atoms with E-state index in [1.807, 2.05) is 6.07 Å². The van der Waals surface area contributed by atoms with Crippen LogP contribution in [0.1, 0.15) is 15.9 Å². The molecule has 30 heavy (non-hydrogen) atoms. The van der Waals surface area contributed by atoms with Crippen LogP contribution < -0.4 is 10.8 Å². The highest BCUT2D eigenvalue weighted by Crippen LogP contribution is 2.18. The molecule has 0 radical (unpaired) electrons. The van der Waals surface area contributed by atoms with Gasteiger partial charge in [-0.1, -0.05) is 12.2 Å². The van der Waals surface area contributed by atoms with Crippen molar-refractivity contribution in [2.24, 2.45) is 4.99 Å². The summed E-state index contributed by atoms with van der Waals surface area (Å²) >= 11 is 0. The highest BCUT2D eigenvalue weighted by Gasteiger charge is 2.22. The minimum Gasteiger partial charge on any atom is -0.504 e. The number of carbonyl (C=O) groups is 1.